The lowest BCUT2D eigenvalue weighted by Gasteiger charge is -2.07. The molecular weight excluding hydrogens is 207 g/mol. The summed E-state index contributed by atoms with van der Waals surface area (Å²) in [6.45, 7) is 0. The number of nitrogens with zero attached hydrogens (tertiary/aromatic N) is 1. The van der Waals surface area contributed by atoms with Gasteiger partial charge in [-0.1, -0.05) is 0 Å². The Hall–Kier alpha value is -0.950. The van der Waals surface area contributed by atoms with Gasteiger partial charge in [-0.3, -0.25) is 4.21 Å². The lowest BCUT2D eigenvalue weighted by atomic mass is 10.3. The van der Waals surface area contributed by atoms with Crippen molar-refractivity contribution in [2.45, 2.75) is 11.2 Å². The third kappa shape index (κ3) is 2.49. The molecular formula is C6H3F3NO2S-. The second kappa shape index (κ2) is 3.43. The summed E-state index contributed by atoms with van der Waals surface area (Å²) in [7, 11) is 0. The van der Waals surface area contributed by atoms with Crippen molar-refractivity contribution in [2.24, 2.45) is 0 Å². The van der Waals surface area contributed by atoms with Gasteiger partial charge >= 0.3 is 6.18 Å². The van der Waals surface area contributed by atoms with Crippen LogP contribution in [0.4, 0.5) is 13.2 Å². The fourth-order valence-electron chi connectivity index (χ4n) is 0.647. The average Bonchev–Trinajstić information content (AvgIpc) is 2.03. The second-order valence-electron chi connectivity index (χ2n) is 2.12. The highest BCUT2D eigenvalue weighted by atomic mass is 32.2. The van der Waals surface area contributed by atoms with Gasteiger partial charge in [-0.15, -0.1) is 0 Å². The predicted octanol–water partition coefficient (Wildman–Crippen LogP) is 1.34. The molecule has 0 aliphatic carbocycles. The Morgan fingerprint density at radius 2 is 2.00 bits per heavy atom. The number of alkyl halides is 3. The van der Waals surface area contributed by atoms with E-state index >= 15 is 0 Å². The largest absolute Gasteiger partial charge is 0.767 e. The van der Waals surface area contributed by atoms with Gasteiger partial charge in [-0.25, -0.2) is 4.98 Å². The van der Waals surface area contributed by atoms with Crippen LogP contribution in [0.15, 0.2) is 23.4 Å². The van der Waals surface area contributed by atoms with E-state index in [9.17, 15) is 21.9 Å². The van der Waals surface area contributed by atoms with Crippen molar-refractivity contribution in [3.05, 3.63) is 23.9 Å². The molecule has 0 N–H and O–H groups in total. The maximum atomic E-state index is 11.9. The van der Waals surface area contributed by atoms with Crippen LogP contribution in [-0.2, 0) is 17.3 Å². The Morgan fingerprint density at radius 1 is 1.38 bits per heavy atom. The fourth-order valence-corrected chi connectivity index (χ4v) is 0.964. The number of hydrogen-bond donors (Lipinski definition) is 0. The van der Waals surface area contributed by atoms with E-state index in [0.717, 1.165) is 6.07 Å². The first-order valence-electron chi connectivity index (χ1n) is 3.04. The summed E-state index contributed by atoms with van der Waals surface area (Å²) in [6.07, 6.45) is -4.01. The zero-order valence-electron chi connectivity index (χ0n) is 6.04. The van der Waals surface area contributed by atoms with Crippen LogP contribution in [0, 0.1) is 0 Å². The molecule has 0 fully saturated rings. The third-order valence-electron chi connectivity index (χ3n) is 1.23. The van der Waals surface area contributed by atoms with Crippen molar-refractivity contribution in [1.29, 1.82) is 0 Å². The van der Waals surface area contributed by atoms with Crippen molar-refractivity contribution in [3.63, 3.8) is 0 Å². The van der Waals surface area contributed by atoms with Crippen LogP contribution in [-0.4, -0.2) is 13.7 Å². The van der Waals surface area contributed by atoms with Crippen molar-refractivity contribution >= 4 is 11.1 Å². The molecule has 0 spiro atoms. The Bertz CT molecular complexity index is 322. The molecule has 7 heteroatoms. The van der Waals surface area contributed by atoms with Gasteiger partial charge < -0.3 is 4.55 Å². The highest BCUT2D eigenvalue weighted by Gasteiger charge is 2.30. The summed E-state index contributed by atoms with van der Waals surface area (Å²) in [4.78, 5) is 3.11. The maximum Gasteiger partial charge on any atom is 0.417 e. The Labute approximate surface area is 73.9 Å². The van der Waals surface area contributed by atoms with Gasteiger partial charge in [-0.2, -0.15) is 13.2 Å². The highest BCUT2D eigenvalue weighted by molar-refractivity contribution is 7.79. The summed E-state index contributed by atoms with van der Waals surface area (Å²) < 4.78 is 56.2. The lowest BCUT2D eigenvalue weighted by Crippen LogP contribution is -2.06. The van der Waals surface area contributed by atoms with Crippen LogP contribution < -0.4 is 0 Å². The number of halogens is 3. The molecule has 0 bridgehead atoms. The molecule has 0 saturated carbocycles. The van der Waals surface area contributed by atoms with Crippen LogP contribution in [0.1, 0.15) is 5.56 Å². The monoisotopic (exact) mass is 210 g/mol. The molecule has 1 atom stereocenters. The first-order valence-corrected chi connectivity index (χ1v) is 4.11. The number of hydrogen-bond acceptors (Lipinski definition) is 3. The molecule has 3 nitrogen and oxygen atoms in total. The molecule has 0 radical (unpaired) electrons. The fraction of sp³-hybridized carbons (Fsp3) is 0.167. The van der Waals surface area contributed by atoms with E-state index < -0.39 is 27.8 Å². The van der Waals surface area contributed by atoms with Crippen LogP contribution in [0.5, 0.6) is 0 Å². The first kappa shape index (κ1) is 10.1. The summed E-state index contributed by atoms with van der Waals surface area (Å²) in [5.74, 6) is 0. The van der Waals surface area contributed by atoms with Gasteiger partial charge in [-0.05, 0) is 23.2 Å². The maximum absolute atomic E-state index is 11.9. The number of aromatic nitrogens is 1. The summed E-state index contributed by atoms with van der Waals surface area (Å²) in [5, 5.41) is -0.409. The topological polar surface area (TPSA) is 53.0 Å². The third-order valence-corrected chi connectivity index (χ3v) is 1.82. The molecule has 0 aliphatic rings. The van der Waals surface area contributed by atoms with E-state index in [4.69, 9.17) is 0 Å². The van der Waals surface area contributed by atoms with Crippen molar-refractivity contribution in [2.75, 3.05) is 0 Å². The molecule has 0 amide bonds. The Kier molecular flexibility index (Phi) is 2.67. The first-order chi connectivity index (χ1) is 5.91. The number of rotatable bonds is 1. The zero-order valence-corrected chi connectivity index (χ0v) is 6.85. The average molecular weight is 210 g/mol. The Balaban J connectivity index is 3.01. The van der Waals surface area contributed by atoms with E-state index in [1.165, 1.54) is 0 Å². The summed E-state index contributed by atoms with van der Waals surface area (Å²) in [6, 6.07) is 1.46. The molecule has 1 rings (SSSR count). The normalized spacial score (nSPS) is 14.2. The summed E-state index contributed by atoms with van der Waals surface area (Å²) in [5.41, 5.74) is -0.971. The number of pyridine rings is 1. The van der Waals surface area contributed by atoms with Crippen LogP contribution in [0.3, 0.4) is 0 Å². The lowest BCUT2D eigenvalue weighted by molar-refractivity contribution is -0.137. The summed E-state index contributed by atoms with van der Waals surface area (Å²) >= 11 is -2.59. The van der Waals surface area contributed by atoms with Crippen LogP contribution >= 0.6 is 0 Å². The van der Waals surface area contributed by atoms with E-state index in [-0.39, 0.29) is 0 Å². The minimum absolute atomic E-state index is 0.409. The zero-order chi connectivity index (χ0) is 10.1. The molecule has 0 aliphatic heterocycles. The predicted molar refractivity (Wildman–Crippen MR) is 36.4 cm³/mol. The van der Waals surface area contributed by atoms with E-state index in [1.54, 1.807) is 0 Å². The molecule has 13 heavy (non-hydrogen) atoms. The van der Waals surface area contributed by atoms with Crippen molar-refractivity contribution in [3.8, 4) is 0 Å². The molecule has 1 aromatic heterocycles. The second-order valence-corrected chi connectivity index (χ2v) is 3.01. The Morgan fingerprint density at radius 3 is 2.31 bits per heavy atom. The van der Waals surface area contributed by atoms with E-state index in [0.29, 0.717) is 12.3 Å². The SMILES string of the molecule is O=S([O-])c1ccc(C(F)(F)F)cn1. The molecule has 1 heterocycles. The van der Waals surface area contributed by atoms with E-state index in [1.807, 2.05) is 0 Å². The molecule has 0 saturated heterocycles. The van der Waals surface area contributed by atoms with Crippen LogP contribution in [0.2, 0.25) is 0 Å². The minimum atomic E-state index is -4.49. The van der Waals surface area contributed by atoms with E-state index in [2.05, 4.69) is 4.98 Å². The quantitative estimate of drug-likeness (QED) is 0.657. The molecule has 72 valence electrons. The smallest absolute Gasteiger partial charge is 0.417 e. The minimum Gasteiger partial charge on any atom is -0.767 e. The van der Waals surface area contributed by atoms with Crippen LogP contribution in [0.25, 0.3) is 0 Å². The van der Waals surface area contributed by atoms with Crippen molar-refractivity contribution in [1.82, 2.24) is 4.98 Å². The standard InChI is InChI=1S/C6H4F3NO2S/c7-6(8,9)4-1-2-5(10-3-4)13(11)12/h1-3H,(H,11,12)/p-1. The van der Waals surface area contributed by atoms with Crippen molar-refractivity contribution < 1.29 is 21.9 Å². The van der Waals surface area contributed by atoms with Gasteiger partial charge in [0.1, 0.15) is 5.03 Å². The molecule has 1 aromatic rings. The molecule has 0 aromatic carbocycles. The van der Waals surface area contributed by atoms with Gasteiger partial charge in [0, 0.05) is 6.20 Å². The molecule has 1 unspecified atom stereocenters. The van der Waals surface area contributed by atoms with Gasteiger partial charge in [0.2, 0.25) is 0 Å². The van der Waals surface area contributed by atoms with Gasteiger partial charge in [0.25, 0.3) is 0 Å². The highest BCUT2D eigenvalue weighted by Crippen LogP contribution is 2.28. The van der Waals surface area contributed by atoms with Gasteiger partial charge in [0.05, 0.1) is 5.56 Å². The van der Waals surface area contributed by atoms with Gasteiger partial charge in [0.15, 0.2) is 0 Å².